The predicted octanol–water partition coefficient (Wildman–Crippen LogP) is 4.22. The zero-order valence-electron chi connectivity index (χ0n) is 12.6. The molecule has 1 aromatic carbocycles. The molecule has 0 aliphatic heterocycles. The van der Waals surface area contributed by atoms with E-state index in [1.54, 1.807) is 0 Å². The fourth-order valence-corrected chi connectivity index (χ4v) is 2.62. The van der Waals surface area contributed by atoms with E-state index < -0.39 is 0 Å². The normalized spacial score (nSPS) is 10.4. The van der Waals surface area contributed by atoms with Crippen molar-refractivity contribution in [2.75, 3.05) is 5.32 Å². The third-order valence-corrected chi connectivity index (χ3v) is 4.01. The highest BCUT2D eigenvalue weighted by Crippen LogP contribution is 2.28. The first kappa shape index (κ1) is 15.4. The van der Waals surface area contributed by atoms with Gasteiger partial charge in [-0.05, 0) is 31.0 Å². The molecule has 1 N–H and O–H groups in total. The number of halogens is 1. The van der Waals surface area contributed by atoms with Crippen molar-refractivity contribution in [3.05, 3.63) is 59.4 Å². The van der Waals surface area contributed by atoms with Crippen molar-refractivity contribution in [2.24, 2.45) is 7.05 Å². The van der Waals surface area contributed by atoms with Gasteiger partial charge in [-0.2, -0.15) is 0 Å². The Kier molecular flexibility index (Phi) is 4.53. The van der Waals surface area contributed by atoms with Gasteiger partial charge >= 0.3 is 0 Å². The fraction of sp³-hybridized carbons (Fsp3) is 0.235. The largest absolute Gasteiger partial charge is 0.364 e. The van der Waals surface area contributed by atoms with Crippen LogP contribution in [0.2, 0.25) is 0 Å². The average Bonchev–Trinajstić information content (AvgIpc) is 2.72. The summed E-state index contributed by atoms with van der Waals surface area (Å²) >= 11 is 0. The van der Waals surface area contributed by atoms with Gasteiger partial charge in [0.1, 0.15) is 0 Å². The molecule has 0 fully saturated rings. The minimum Gasteiger partial charge on any atom is -0.364 e. The van der Waals surface area contributed by atoms with E-state index in [2.05, 4.69) is 66.1 Å². The van der Waals surface area contributed by atoms with Crippen LogP contribution in [0.1, 0.15) is 16.8 Å². The zero-order chi connectivity index (χ0) is 14.1. The lowest BCUT2D eigenvalue weighted by Gasteiger charge is -2.09. The van der Waals surface area contributed by atoms with Gasteiger partial charge in [0.05, 0.1) is 5.52 Å². The first-order valence-corrected chi connectivity index (χ1v) is 6.87. The highest BCUT2D eigenvalue weighted by Gasteiger charge is 2.12. The molecule has 0 amide bonds. The minimum atomic E-state index is 0. The smallest absolute Gasteiger partial charge is 0.150 e. The molecule has 110 valence electrons. The van der Waals surface area contributed by atoms with Crippen molar-refractivity contribution in [2.45, 2.75) is 20.4 Å². The Hall–Kier alpha value is -2.00. The summed E-state index contributed by atoms with van der Waals surface area (Å²) in [6.45, 7) is 5.10. The van der Waals surface area contributed by atoms with E-state index in [0.29, 0.717) is 0 Å². The SMILES string of the molecule is Cc1c(C)n(C)c2c(NCc3ccccc3)nccc12.Cl. The Bertz CT molecular complexity index is 748. The average molecular weight is 302 g/mol. The van der Waals surface area contributed by atoms with Crippen molar-refractivity contribution in [1.82, 2.24) is 9.55 Å². The van der Waals surface area contributed by atoms with E-state index in [1.165, 1.54) is 27.7 Å². The molecule has 0 saturated carbocycles. The van der Waals surface area contributed by atoms with Crippen molar-refractivity contribution in [3.63, 3.8) is 0 Å². The number of rotatable bonds is 3. The standard InChI is InChI=1S/C17H19N3.ClH/c1-12-13(2)20(3)16-15(12)9-10-18-17(16)19-11-14-7-5-4-6-8-14;/h4-10H,11H2,1-3H3,(H,18,19);1H. The summed E-state index contributed by atoms with van der Waals surface area (Å²) in [7, 11) is 2.10. The highest BCUT2D eigenvalue weighted by atomic mass is 35.5. The molecular weight excluding hydrogens is 282 g/mol. The molecule has 2 aromatic heterocycles. The summed E-state index contributed by atoms with van der Waals surface area (Å²) < 4.78 is 2.21. The predicted molar refractivity (Wildman–Crippen MR) is 91.2 cm³/mol. The van der Waals surface area contributed by atoms with Gasteiger partial charge in [-0.3, -0.25) is 0 Å². The topological polar surface area (TPSA) is 29.9 Å². The number of anilines is 1. The number of benzene rings is 1. The summed E-state index contributed by atoms with van der Waals surface area (Å²) in [5.41, 5.74) is 5.05. The fourth-order valence-electron chi connectivity index (χ4n) is 2.62. The highest BCUT2D eigenvalue weighted by molar-refractivity contribution is 5.93. The molecule has 0 spiro atoms. The molecule has 3 aromatic rings. The van der Waals surface area contributed by atoms with Crippen LogP contribution < -0.4 is 5.32 Å². The van der Waals surface area contributed by atoms with Crippen LogP contribution >= 0.6 is 12.4 Å². The number of pyridine rings is 1. The minimum absolute atomic E-state index is 0. The maximum absolute atomic E-state index is 4.51. The Balaban J connectivity index is 0.00000161. The Morgan fingerprint density at radius 2 is 1.81 bits per heavy atom. The maximum Gasteiger partial charge on any atom is 0.150 e. The number of hydrogen-bond donors (Lipinski definition) is 1. The van der Waals surface area contributed by atoms with Crippen molar-refractivity contribution in [3.8, 4) is 0 Å². The second kappa shape index (κ2) is 6.19. The van der Waals surface area contributed by atoms with Crippen LogP contribution in [0, 0.1) is 13.8 Å². The number of hydrogen-bond acceptors (Lipinski definition) is 2. The van der Waals surface area contributed by atoms with Crippen LogP contribution in [0.25, 0.3) is 10.9 Å². The molecule has 0 aliphatic rings. The lowest BCUT2D eigenvalue weighted by molar-refractivity contribution is 0.906. The van der Waals surface area contributed by atoms with Gasteiger partial charge in [0.2, 0.25) is 0 Å². The number of fused-ring (bicyclic) bond motifs is 1. The molecule has 3 nitrogen and oxygen atoms in total. The van der Waals surface area contributed by atoms with Gasteiger partial charge in [0, 0.05) is 30.9 Å². The van der Waals surface area contributed by atoms with Crippen molar-refractivity contribution in [1.29, 1.82) is 0 Å². The Morgan fingerprint density at radius 1 is 1.10 bits per heavy atom. The van der Waals surface area contributed by atoms with Gasteiger partial charge in [0.25, 0.3) is 0 Å². The Morgan fingerprint density at radius 3 is 2.52 bits per heavy atom. The van der Waals surface area contributed by atoms with Crippen molar-refractivity contribution < 1.29 is 0 Å². The molecule has 2 heterocycles. The third-order valence-electron chi connectivity index (χ3n) is 4.01. The van der Waals surface area contributed by atoms with Crippen LogP contribution in [0.4, 0.5) is 5.82 Å². The van der Waals surface area contributed by atoms with Crippen LogP contribution in [0.3, 0.4) is 0 Å². The molecule has 4 heteroatoms. The lowest BCUT2D eigenvalue weighted by atomic mass is 10.2. The van der Waals surface area contributed by atoms with Crippen molar-refractivity contribution >= 4 is 29.1 Å². The number of aryl methyl sites for hydroxylation is 2. The monoisotopic (exact) mass is 301 g/mol. The second-order valence-corrected chi connectivity index (χ2v) is 5.16. The van der Waals surface area contributed by atoms with Gasteiger partial charge in [-0.25, -0.2) is 4.98 Å². The van der Waals surface area contributed by atoms with Crippen LogP contribution in [0.5, 0.6) is 0 Å². The van der Waals surface area contributed by atoms with E-state index in [-0.39, 0.29) is 12.4 Å². The first-order chi connectivity index (χ1) is 9.68. The lowest BCUT2D eigenvalue weighted by Crippen LogP contribution is -2.03. The summed E-state index contributed by atoms with van der Waals surface area (Å²) in [6, 6.07) is 12.5. The number of aromatic nitrogens is 2. The molecule has 0 bridgehead atoms. The van der Waals surface area contributed by atoms with E-state index >= 15 is 0 Å². The van der Waals surface area contributed by atoms with Gasteiger partial charge < -0.3 is 9.88 Å². The van der Waals surface area contributed by atoms with E-state index in [9.17, 15) is 0 Å². The van der Waals surface area contributed by atoms with E-state index in [1.807, 2.05) is 12.3 Å². The molecule has 0 aliphatic carbocycles. The van der Waals surface area contributed by atoms with Gasteiger partial charge in [-0.1, -0.05) is 30.3 Å². The first-order valence-electron chi connectivity index (χ1n) is 6.87. The zero-order valence-corrected chi connectivity index (χ0v) is 13.4. The molecule has 0 atom stereocenters. The summed E-state index contributed by atoms with van der Waals surface area (Å²) in [5.74, 6) is 0.949. The summed E-state index contributed by atoms with van der Waals surface area (Å²) in [5, 5.41) is 4.73. The quantitative estimate of drug-likeness (QED) is 0.785. The van der Waals surface area contributed by atoms with E-state index in [4.69, 9.17) is 0 Å². The van der Waals surface area contributed by atoms with E-state index in [0.717, 1.165) is 12.4 Å². The van der Waals surface area contributed by atoms with Gasteiger partial charge in [-0.15, -0.1) is 12.4 Å². The van der Waals surface area contributed by atoms with Crippen LogP contribution in [-0.4, -0.2) is 9.55 Å². The molecule has 3 rings (SSSR count). The third kappa shape index (κ3) is 2.74. The number of nitrogens with one attached hydrogen (secondary N) is 1. The van der Waals surface area contributed by atoms with Gasteiger partial charge in [0.15, 0.2) is 5.82 Å². The van der Waals surface area contributed by atoms with Crippen LogP contribution in [-0.2, 0) is 13.6 Å². The molecular formula is C17H20ClN3. The second-order valence-electron chi connectivity index (χ2n) is 5.16. The number of nitrogens with zero attached hydrogens (tertiary/aromatic N) is 2. The maximum atomic E-state index is 4.51. The summed E-state index contributed by atoms with van der Waals surface area (Å²) in [4.78, 5) is 4.51. The Labute approximate surface area is 131 Å². The molecule has 0 radical (unpaired) electrons. The van der Waals surface area contributed by atoms with Crippen LogP contribution in [0.15, 0.2) is 42.6 Å². The molecule has 0 saturated heterocycles. The summed E-state index contributed by atoms with van der Waals surface area (Å²) in [6.07, 6.45) is 1.88. The molecule has 0 unspecified atom stereocenters. The molecule has 21 heavy (non-hydrogen) atoms.